The van der Waals surface area contributed by atoms with E-state index in [1.54, 1.807) is 7.11 Å². The molecule has 2 unspecified atom stereocenters. The molecule has 1 saturated heterocycles. The summed E-state index contributed by atoms with van der Waals surface area (Å²) in [5, 5.41) is 0. The molecule has 1 aliphatic heterocycles. The lowest BCUT2D eigenvalue weighted by Gasteiger charge is -2.45. The van der Waals surface area contributed by atoms with Crippen LogP contribution in [0.1, 0.15) is 33.1 Å². The number of nitrogens with zero attached hydrogens (tertiary/aromatic N) is 1. The SMILES string of the molecule is COCCN(CC(C)C)C1CC2(CCC1N)OCCO2. The Kier molecular flexibility index (Phi) is 5.81. The van der Waals surface area contributed by atoms with Crippen LogP contribution in [0.25, 0.3) is 0 Å². The van der Waals surface area contributed by atoms with Crippen LogP contribution in [-0.4, -0.2) is 62.8 Å². The molecule has 2 atom stereocenters. The van der Waals surface area contributed by atoms with E-state index in [4.69, 9.17) is 19.9 Å². The van der Waals surface area contributed by atoms with Crippen molar-refractivity contribution in [3.05, 3.63) is 0 Å². The molecular weight excluding hydrogens is 256 g/mol. The first kappa shape index (κ1) is 16.2. The van der Waals surface area contributed by atoms with Gasteiger partial charge in [0.1, 0.15) is 0 Å². The Morgan fingerprint density at radius 2 is 2.05 bits per heavy atom. The third-order valence-corrected chi connectivity index (χ3v) is 4.34. The molecule has 0 radical (unpaired) electrons. The zero-order valence-electron chi connectivity index (χ0n) is 13.1. The number of methoxy groups -OCH3 is 1. The summed E-state index contributed by atoms with van der Waals surface area (Å²) in [6.45, 7) is 8.61. The molecule has 5 heteroatoms. The Morgan fingerprint density at radius 1 is 1.35 bits per heavy atom. The summed E-state index contributed by atoms with van der Waals surface area (Å²) in [6.07, 6.45) is 2.77. The van der Waals surface area contributed by atoms with E-state index in [1.165, 1.54) is 0 Å². The van der Waals surface area contributed by atoms with Crippen molar-refractivity contribution in [1.82, 2.24) is 4.90 Å². The number of ether oxygens (including phenoxy) is 3. The second-order valence-electron chi connectivity index (χ2n) is 6.46. The molecule has 5 nitrogen and oxygen atoms in total. The van der Waals surface area contributed by atoms with E-state index in [9.17, 15) is 0 Å². The zero-order valence-corrected chi connectivity index (χ0v) is 13.1. The second-order valence-corrected chi connectivity index (χ2v) is 6.46. The van der Waals surface area contributed by atoms with Gasteiger partial charge in [0.15, 0.2) is 5.79 Å². The summed E-state index contributed by atoms with van der Waals surface area (Å²) < 4.78 is 17.0. The number of rotatable bonds is 6. The molecule has 0 bridgehead atoms. The van der Waals surface area contributed by atoms with Gasteiger partial charge in [-0.3, -0.25) is 4.90 Å². The van der Waals surface area contributed by atoms with Crippen LogP contribution in [0.15, 0.2) is 0 Å². The molecule has 1 heterocycles. The van der Waals surface area contributed by atoms with E-state index < -0.39 is 0 Å². The van der Waals surface area contributed by atoms with Crippen LogP contribution in [0.4, 0.5) is 0 Å². The molecule has 118 valence electrons. The third kappa shape index (κ3) is 3.92. The molecule has 0 aromatic carbocycles. The van der Waals surface area contributed by atoms with Gasteiger partial charge in [0.05, 0.1) is 19.8 Å². The molecular formula is C15H30N2O3. The molecule has 2 aliphatic rings. The van der Waals surface area contributed by atoms with Gasteiger partial charge in [-0.25, -0.2) is 0 Å². The highest BCUT2D eigenvalue weighted by atomic mass is 16.7. The number of hydrogen-bond acceptors (Lipinski definition) is 5. The van der Waals surface area contributed by atoms with Gasteiger partial charge in [-0.1, -0.05) is 13.8 Å². The lowest BCUT2D eigenvalue weighted by Crippen LogP contribution is -2.57. The standard InChI is InChI=1S/C15H30N2O3/c1-12(2)11-17(6-7-18-3)14-10-15(5-4-13(14)16)19-8-9-20-15/h12-14H,4-11,16H2,1-3H3. The lowest BCUT2D eigenvalue weighted by molar-refractivity contribution is -0.192. The molecule has 1 saturated carbocycles. The summed E-state index contributed by atoms with van der Waals surface area (Å²) >= 11 is 0. The van der Waals surface area contributed by atoms with Gasteiger partial charge in [-0.2, -0.15) is 0 Å². The molecule has 0 aromatic rings. The molecule has 1 aliphatic carbocycles. The molecule has 2 N–H and O–H groups in total. The van der Waals surface area contributed by atoms with Crippen molar-refractivity contribution in [2.75, 3.05) is 40.0 Å². The van der Waals surface area contributed by atoms with E-state index in [2.05, 4.69) is 18.7 Å². The van der Waals surface area contributed by atoms with Gasteiger partial charge in [0, 0.05) is 45.1 Å². The first-order valence-electron chi connectivity index (χ1n) is 7.83. The molecule has 1 spiro atoms. The maximum atomic E-state index is 6.38. The van der Waals surface area contributed by atoms with E-state index in [-0.39, 0.29) is 11.8 Å². The Hall–Kier alpha value is -0.200. The summed E-state index contributed by atoms with van der Waals surface area (Å²) in [5.74, 6) is 0.241. The molecule has 20 heavy (non-hydrogen) atoms. The largest absolute Gasteiger partial charge is 0.383 e. The van der Waals surface area contributed by atoms with Crippen LogP contribution >= 0.6 is 0 Å². The highest BCUT2D eigenvalue weighted by Crippen LogP contribution is 2.37. The molecule has 2 fully saturated rings. The minimum Gasteiger partial charge on any atom is -0.383 e. The van der Waals surface area contributed by atoms with Gasteiger partial charge < -0.3 is 19.9 Å². The Balaban J connectivity index is 2.03. The van der Waals surface area contributed by atoms with E-state index >= 15 is 0 Å². The van der Waals surface area contributed by atoms with Crippen LogP contribution in [0.3, 0.4) is 0 Å². The normalized spacial score (nSPS) is 29.7. The Morgan fingerprint density at radius 3 is 2.65 bits per heavy atom. The van der Waals surface area contributed by atoms with Gasteiger partial charge in [-0.15, -0.1) is 0 Å². The minimum absolute atomic E-state index is 0.198. The highest BCUT2D eigenvalue weighted by molar-refractivity contribution is 4.95. The molecule has 0 amide bonds. The fourth-order valence-electron chi connectivity index (χ4n) is 3.38. The van der Waals surface area contributed by atoms with Crippen molar-refractivity contribution < 1.29 is 14.2 Å². The quantitative estimate of drug-likeness (QED) is 0.795. The summed E-state index contributed by atoms with van der Waals surface area (Å²) in [4.78, 5) is 2.46. The fourth-order valence-corrected chi connectivity index (χ4v) is 3.38. The van der Waals surface area contributed by atoms with Gasteiger partial charge in [0.2, 0.25) is 0 Å². The van der Waals surface area contributed by atoms with Crippen molar-refractivity contribution in [2.45, 2.75) is 51.0 Å². The van der Waals surface area contributed by atoms with Crippen LogP contribution in [0.5, 0.6) is 0 Å². The zero-order chi connectivity index (χ0) is 14.6. The Bertz CT molecular complexity index is 293. The first-order valence-corrected chi connectivity index (χ1v) is 7.83. The van der Waals surface area contributed by atoms with Crippen molar-refractivity contribution in [2.24, 2.45) is 11.7 Å². The molecule has 0 aromatic heterocycles. The predicted octanol–water partition coefficient (Wildman–Crippen LogP) is 1.21. The van der Waals surface area contributed by atoms with Crippen LogP contribution in [-0.2, 0) is 14.2 Å². The van der Waals surface area contributed by atoms with Gasteiger partial charge in [-0.05, 0) is 12.3 Å². The first-order chi connectivity index (χ1) is 9.56. The maximum Gasteiger partial charge on any atom is 0.170 e. The number of nitrogens with two attached hydrogens (primary N) is 1. The van der Waals surface area contributed by atoms with Crippen LogP contribution < -0.4 is 5.73 Å². The van der Waals surface area contributed by atoms with Crippen molar-refractivity contribution in [3.63, 3.8) is 0 Å². The van der Waals surface area contributed by atoms with Gasteiger partial charge >= 0.3 is 0 Å². The van der Waals surface area contributed by atoms with Gasteiger partial charge in [0.25, 0.3) is 0 Å². The summed E-state index contributed by atoms with van der Waals surface area (Å²) in [6, 6.07) is 0.517. The van der Waals surface area contributed by atoms with Crippen LogP contribution in [0, 0.1) is 5.92 Å². The monoisotopic (exact) mass is 286 g/mol. The predicted molar refractivity (Wildman–Crippen MR) is 78.5 cm³/mol. The second kappa shape index (κ2) is 7.18. The van der Waals surface area contributed by atoms with E-state index in [0.717, 1.165) is 39.0 Å². The van der Waals surface area contributed by atoms with Crippen molar-refractivity contribution >= 4 is 0 Å². The fraction of sp³-hybridized carbons (Fsp3) is 1.00. The van der Waals surface area contributed by atoms with Crippen LogP contribution in [0.2, 0.25) is 0 Å². The minimum atomic E-state index is -0.372. The maximum absolute atomic E-state index is 6.38. The lowest BCUT2D eigenvalue weighted by atomic mass is 9.84. The van der Waals surface area contributed by atoms with Crippen molar-refractivity contribution in [1.29, 1.82) is 0 Å². The number of hydrogen-bond donors (Lipinski definition) is 1. The Labute approximate surface area is 122 Å². The van der Waals surface area contributed by atoms with E-state index in [0.29, 0.717) is 25.2 Å². The van der Waals surface area contributed by atoms with Crippen molar-refractivity contribution in [3.8, 4) is 0 Å². The topological polar surface area (TPSA) is 57.0 Å². The average Bonchev–Trinajstić information content (AvgIpc) is 2.86. The molecule has 2 rings (SSSR count). The van der Waals surface area contributed by atoms with E-state index in [1.807, 2.05) is 0 Å². The summed E-state index contributed by atoms with van der Waals surface area (Å²) in [7, 11) is 1.75. The third-order valence-electron chi connectivity index (χ3n) is 4.34. The smallest absolute Gasteiger partial charge is 0.170 e. The average molecular weight is 286 g/mol. The summed E-state index contributed by atoms with van der Waals surface area (Å²) in [5.41, 5.74) is 6.38. The highest BCUT2D eigenvalue weighted by Gasteiger charge is 2.45.